The molecule has 2 aliphatic rings. The van der Waals surface area contributed by atoms with E-state index in [2.05, 4.69) is 5.32 Å². The van der Waals surface area contributed by atoms with Crippen LogP contribution in [-0.4, -0.2) is 39.1 Å². The molecule has 1 N–H and O–H groups in total. The number of nitrogens with zero attached hydrogens (tertiary/aromatic N) is 1. The molecule has 1 saturated carbocycles. The Bertz CT molecular complexity index is 1090. The molecular weight excluding hydrogens is 448 g/mol. The van der Waals surface area contributed by atoms with Crippen molar-refractivity contribution in [2.24, 2.45) is 0 Å². The molecule has 4 rings (SSSR count). The largest absolute Gasteiger partial charge is 0.493 e. The Morgan fingerprint density at radius 3 is 2.41 bits per heavy atom. The van der Waals surface area contributed by atoms with Crippen LogP contribution in [0, 0.1) is 0 Å². The summed E-state index contributed by atoms with van der Waals surface area (Å²) in [5.41, 5.74) is 2.19. The molecule has 1 fully saturated rings. The Morgan fingerprint density at radius 1 is 1.00 bits per heavy atom. The molecule has 0 aromatic heterocycles. The van der Waals surface area contributed by atoms with E-state index in [0.717, 1.165) is 41.8 Å². The number of rotatable bonds is 5. The van der Waals surface area contributed by atoms with E-state index in [1.807, 2.05) is 42.5 Å². The lowest BCUT2D eigenvalue weighted by Crippen LogP contribution is -2.35. The van der Waals surface area contributed by atoms with E-state index in [-0.39, 0.29) is 17.9 Å². The third-order valence-corrected chi connectivity index (χ3v) is 7.54. The van der Waals surface area contributed by atoms with Crippen LogP contribution >= 0.6 is 11.8 Å². The molecule has 7 heteroatoms. The van der Waals surface area contributed by atoms with Crippen LogP contribution in [0.2, 0.25) is 0 Å². The van der Waals surface area contributed by atoms with Crippen LogP contribution in [-0.2, 0) is 4.79 Å². The van der Waals surface area contributed by atoms with Gasteiger partial charge in [0.1, 0.15) is 0 Å². The number of methoxy groups -OCH3 is 2. The Labute approximate surface area is 205 Å². The average molecular weight is 481 g/mol. The van der Waals surface area contributed by atoms with Gasteiger partial charge in [0.2, 0.25) is 0 Å². The van der Waals surface area contributed by atoms with Crippen LogP contribution in [0.25, 0.3) is 6.08 Å². The van der Waals surface area contributed by atoms with Crippen LogP contribution in [0.3, 0.4) is 0 Å². The van der Waals surface area contributed by atoms with Gasteiger partial charge in [-0.15, -0.1) is 0 Å². The standard InChI is InChI=1S/C27H32N2O4S/c1-29-21-17-19(26(30)28-20-9-7-5-4-6-8-10-20)12-14-24(21)34-25(27(29)31)16-18-11-13-22(32-2)23(15-18)33-3/h11-17,20H,4-10H2,1-3H3,(H,28,30). The summed E-state index contributed by atoms with van der Waals surface area (Å²) in [6, 6.07) is 11.4. The van der Waals surface area contributed by atoms with E-state index in [1.54, 1.807) is 26.2 Å². The fourth-order valence-electron chi connectivity index (χ4n) is 4.50. The number of nitrogens with one attached hydrogen (secondary N) is 1. The normalized spacial score (nSPS) is 18.1. The number of fused-ring (bicyclic) bond motifs is 1. The van der Waals surface area contributed by atoms with Gasteiger partial charge in [-0.05, 0) is 54.8 Å². The van der Waals surface area contributed by atoms with E-state index < -0.39 is 0 Å². The zero-order valence-corrected chi connectivity index (χ0v) is 20.9. The molecule has 0 unspecified atom stereocenters. The van der Waals surface area contributed by atoms with Crippen molar-refractivity contribution in [2.75, 3.05) is 26.2 Å². The molecule has 0 bridgehead atoms. The first-order valence-electron chi connectivity index (χ1n) is 11.8. The Morgan fingerprint density at radius 2 is 1.71 bits per heavy atom. The van der Waals surface area contributed by atoms with Crippen molar-refractivity contribution in [3.05, 3.63) is 52.4 Å². The third kappa shape index (κ3) is 5.41. The van der Waals surface area contributed by atoms with Crippen LogP contribution in [0.5, 0.6) is 11.5 Å². The zero-order valence-electron chi connectivity index (χ0n) is 20.1. The number of likely N-dealkylation sites (N-methyl/N-ethyl adjacent to an activating group) is 1. The van der Waals surface area contributed by atoms with Gasteiger partial charge in [0, 0.05) is 23.5 Å². The van der Waals surface area contributed by atoms with Crippen molar-refractivity contribution in [1.82, 2.24) is 5.32 Å². The predicted molar refractivity (Wildman–Crippen MR) is 137 cm³/mol. The number of hydrogen-bond acceptors (Lipinski definition) is 5. The second-order valence-electron chi connectivity index (χ2n) is 8.79. The fraction of sp³-hybridized carbons (Fsp3) is 0.407. The van der Waals surface area contributed by atoms with E-state index in [9.17, 15) is 9.59 Å². The maximum atomic E-state index is 13.1. The van der Waals surface area contributed by atoms with E-state index in [0.29, 0.717) is 22.0 Å². The molecule has 0 spiro atoms. The van der Waals surface area contributed by atoms with E-state index in [4.69, 9.17) is 9.47 Å². The topological polar surface area (TPSA) is 67.9 Å². The van der Waals surface area contributed by atoms with Gasteiger partial charge < -0.3 is 19.7 Å². The van der Waals surface area contributed by atoms with Gasteiger partial charge in [0.15, 0.2) is 11.5 Å². The van der Waals surface area contributed by atoms with Crippen molar-refractivity contribution < 1.29 is 19.1 Å². The molecule has 0 atom stereocenters. The minimum atomic E-state index is -0.107. The molecule has 6 nitrogen and oxygen atoms in total. The smallest absolute Gasteiger partial charge is 0.264 e. The highest BCUT2D eigenvalue weighted by Gasteiger charge is 2.28. The van der Waals surface area contributed by atoms with Crippen LogP contribution in [0.15, 0.2) is 46.2 Å². The van der Waals surface area contributed by atoms with E-state index >= 15 is 0 Å². The van der Waals surface area contributed by atoms with Crippen molar-refractivity contribution in [2.45, 2.75) is 55.9 Å². The minimum Gasteiger partial charge on any atom is -0.493 e. The molecule has 1 heterocycles. The maximum absolute atomic E-state index is 13.1. The number of carbonyl (C=O) groups excluding carboxylic acids is 2. The van der Waals surface area contributed by atoms with Gasteiger partial charge >= 0.3 is 0 Å². The number of anilines is 1. The van der Waals surface area contributed by atoms with Gasteiger partial charge in [-0.25, -0.2) is 0 Å². The maximum Gasteiger partial charge on any atom is 0.264 e. The first kappa shape index (κ1) is 24.2. The number of thioether (sulfide) groups is 1. The lowest BCUT2D eigenvalue weighted by molar-refractivity contribution is -0.114. The molecule has 0 saturated heterocycles. The molecule has 2 aromatic rings. The van der Waals surface area contributed by atoms with Crippen molar-refractivity contribution >= 4 is 35.3 Å². The van der Waals surface area contributed by atoms with Crippen LogP contribution in [0.1, 0.15) is 60.9 Å². The summed E-state index contributed by atoms with van der Waals surface area (Å²) in [7, 11) is 4.93. The minimum absolute atomic E-state index is 0.0640. The van der Waals surface area contributed by atoms with Gasteiger partial charge in [0.25, 0.3) is 11.8 Å². The van der Waals surface area contributed by atoms with Gasteiger partial charge in [-0.2, -0.15) is 0 Å². The Kier molecular flexibility index (Phi) is 7.83. The van der Waals surface area contributed by atoms with Crippen molar-refractivity contribution in [1.29, 1.82) is 0 Å². The highest BCUT2D eigenvalue weighted by molar-refractivity contribution is 8.04. The molecule has 2 aromatic carbocycles. The molecular formula is C27H32N2O4S. The van der Waals surface area contributed by atoms with Crippen LogP contribution in [0.4, 0.5) is 5.69 Å². The third-order valence-electron chi connectivity index (χ3n) is 6.46. The predicted octanol–water partition coefficient (Wildman–Crippen LogP) is 5.66. The molecule has 34 heavy (non-hydrogen) atoms. The molecule has 1 aliphatic carbocycles. The monoisotopic (exact) mass is 480 g/mol. The second kappa shape index (κ2) is 11.0. The van der Waals surface area contributed by atoms with Crippen molar-refractivity contribution in [3.63, 3.8) is 0 Å². The lowest BCUT2D eigenvalue weighted by Gasteiger charge is -2.28. The summed E-state index contributed by atoms with van der Waals surface area (Å²) >= 11 is 1.41. The van der Waals surface area contributed by atoms with Gasteiger partial charge in [-0.3, -0.25) is 9.59 Å². The summed E-state index contributed by atoms with van der Waals surface area (Å²) in [4.78, 5) is 29.2. The number of amides is 2. The second-order valence-corrected chi connectivity index (χ2v) is 9.87. The van der Waals surface area contributed by atoms with Gasteiger partial charge in [-0.1, -0.05) is 49.9 Å². The molecule has 180 valence electrons. The van der Waals surface area contributed by atoms with Crippen LogP contribution < -0.4 is 19.7 Å². The van der Waals surface area contributed by atoms with E-state index in [1.165, 1.54) is 31.0 Å². The summed E-state index contributed by atoms with van der Waals surface area (Å²) in [5.74, 6) is 1.08. The Balaban J connectivity index is 1.53. The highest BCUT2D eigenvalue weighted by Crippen LogP contribution is 2.42. The SMILES string of the molecule is COc1ccc(C=C2Sc3ccc(C(=O)NC4CCCCCCC4)cc3N(C)C2=O)cc1OC. The lowest BCUT2D eigenvalue weighted by atomic mass is 9.96. The number of ether oxygens (including phenoxy) is 2. The van der Waals surface area contributed by atoms with Gasteiger partial charge in [0.05, 0.1) is 24.8 Å². The first-order valence-corrected chi connectivity index (χ1v) is 12.7. The first-order chi connectivity index (χ1) is 16.5. The number of carbonyl (C=O) groups is 2. The number of benzene rings is 2. The quantitative estimate of drug-likeness (QED) is 0.560. The average Bonchev–Trinajstić information content (AvgIpc) is 2.83. The zero-order chi connectivity index (χ0) is 24.1. The Hall–Kier alpha value is -2.93. The number of hydrogen-bond donors (Lipinski definition) is 1. The molecule has 1 aliphatic heterocycles. The molecule has 2 amide bonds. The van der Waals surface area contributed by atoms with Crippen molar-refractivity contribution in [3.8, 4) is 11.5 Å². The summed E-state index contributed by atoms with van der Waals surface area (Å²) in [6.07, 6.45) is 10.0. The molecule has 0 radical (unpaired) electrons. The summed E-state index contributed by atoms with van der Waals surface area (Å²) < 4.78 is 10.7. The summed E-state index contributed by atoms with van der Waals surface area (Å²) in [5, 5.41) is 3.21. The fourth-order valence-corrected chi connectivity index (χ4v) is 5.59. The highest BCUT2D eigenvalue weighted by atomic mass is 32.2. The summed E-state index contributed by atoms with van der Waals surface area (Å²) in [6.45, 7) is 0.